The highest BCUT2D eigenvalue weighted by atomic mass is 32.2. The number of aromatic nitrogens is 1. The second-order valence-electron chi connectivity index (χ2n) is 6.47. The molecule has 6 nitrogen and oxygen atoms in total. The number of methoxy groups -OCH3 is 1. The fourth-order valence-electron chi connectivity index (χ4n) is 2.97. The van der Waals surface area contributed by atoms with Gasteiger partial charge in [0.1, 0.15) is 11.6 Å². The number of alkyl halides is 3. The summed E-state index contributed by atoms with van der Waals surface area (Å²) in [5, 5.41) is 8.98. The number of halogens is 3. The maximum absolute atomic E-state index is 12.7. The minimum absolute atomic E-state index is 0.0646. The van der Waals surface area contributed by atoms with Crippen molar-refractivity contribution >= 4 is 23.7 Å². The van der Waals surface area contributed by atoms with Gasteiger partial charge in [0, 0.05) is 32.4 Å². The van der Waals surface area contributed by atoms with Crippen molar-refractivity contribution in [3.05, 3.63) is 47.7 Å². The number of hydrogen-bond acceptors (Lipinski definition) is 6. The van der Waals surface area contributed by atoms with Crippen LogP contribution in [0.1, 0.15) is 11.1 Å². The largest absolute Gasteiger partial charge is 0.496 e. The number of ether oxygens (including phenoxy) is 1. The molecule has 1 aromatic heterocycles. The minimum Gasteiger partial charge on any atom is -0.496 e. The van der Waals surface area contributed by atoms with Gasteiger partial charge in [-0.15, -0.1) is 0 Å². The van der Waals surface area contributed by atoms with Crippen molar-refractivity contribution in [1.82, 2.24) is 9.29 Å². The first-order valence-electron chi connectivity index (χ1n) is 8.86. The van der Waals surface area contributed by atoms with Gasteiger partial charge in [-0.2, -0.15) is 13.2 Å². The standard InChI is InChI=1S/C19H20F3N3O3S/c1-28-15-4-2-13(11-18(26)27)10-16(15)29-25-8-6-24(7-9-25)17-5-3-14(12-23-17)19(20,21)22/h2-5,10,12H,6-9,11H2,1H3,(H,26,27). The van der Waals surface area contributed by atoms with Crippen molar-refractivity contribution in [1.29, 1.82) is 0 Å². The fraction of sp³-hybridized carbons (Fsp3) is 0.368. The molecule has 2 heterocycles. The first-order valence-corrected chi connectivity index (χ1v) is 9.63. The van der Waals surface area contributed by atoms with Gasteiger partial charge in [-0.25, -0.2) is 9.29 Å². The quantitative estimate of drug-likeness (QED) is 0.707. The molecule has 1 fully saturated rings. The lowest BCUT2D eigenvalue weighted by molar-refractivity contribution is -0.138. The van der Waals surface area contributed by atoms with Crippen LogP contribution >= 0.6 is 11.9 Å². The summed E-state index contributed by atoms with van der Waals surface area (Å²) in [6.45, 7) is 2.56. The third-order valence-electron chi connectivity index (χ3n) is 4.45. The molecule has 0 saturated carbocycles. The Morgan fingerprint density at radius 1 is 1.21 bits per heavy atom. The lowest BCUT2D eigenvalue weighted by Crippen LogP contribution is -2.43. The van der Waals surface area contributed by atoms with Crippen molar-refractivity contribution in [2.45, 2.75) is 17.5 Å². The first kappa shape index (κ1) is 21.3. The number of anilines is 1. The molecule has 2 aromatic rings. The summed E-state index contributed by atoms with van der Waals surface area (Å²) < 4.78 is 45.5. The molecular formula is C19H20F3N3O3S. The van der Waals surface area contributed by atoms with Gasteiger partial charge in [0.25, 0.3) is 0 Å². The lowest BCUT2D eigenvalue weighted by atomic mass is 10.1. The van der Waals surface area contributed by atoms with E-state index in [1.54, 1.807) is 25.3 Å². The van der Waals surface area contributed by atoms with Gasteiger partial charge in [-0.3, -0.25) is 4.79 Å². The maximum Gasteiger partial charge on any atom is 0.417 e. The normalized spacial score (nSPS) is 15.4. The van der Waals surface area contributed by atoms with Gasteiger partial charge in [0.15, 0.2) is 0 Å². The van der Waals surface area contributed by atoms with Crippen LogP contribution in [0.25, 0.3) is 0 Å². The summed E-state index contributed by atoms with van der Waals surface area (Å²) in [6.07, 6.45) is -3.60. The smallest absolute Gasteiger partial charge is 0.417 e. The number of pyridine rings is 1. The predicted molar refractivity (Wildman–Crippen MR) is 103 cm³/mol. The van der Waals surface area contributed by atoms with Crippen LogP contribution < -0.4 is 9.64 Å². The van der Waals surface area contributed by atoms with Crippen molar-refractivity contribution in [2.24, 2.45) is 0 Å². The first-order chi connectivity index (χ1) is 13.8. The summed E-state index contributed by atoms with van der Waals surface area (Å²) in [4.78, 5) is 17.7. The molecule has 0 radical (unpaired) electrons. The van der Waals surface area contributed by atoms with E-state index in [-0.39, 0.29) is 6.42 Å². The lowest BCUT2D eigenvalue weighted by Gasteiger charge is -2.34. The second-order valence-corrected chi connectivity index (χ2v) is 7.60. The number of aliphatic carboxylic acids is 1. The summed E-state index contributed by atoms with van der Waals surface area (Å²) in [6, 6.07) is 7.72. The van der Waals surface area contributed by atoms with E-state index in [1.165, 1.54) is 18.0 Å². The monoisotopic (exact) mass is 427 g/mol. The summed E-state index contributed by atoms with van der Waals surface area (Å²) in [7, 11) is 1.56. The molecule has 1 saturated heterocycles. The highest BCUT2D eigenvalue weighted by Gasteiger charge is 2.31. The Hall–Kier alpha value is -2.46. The Kier molecular flexibility index (Phi) is 6.53. The molecule has 1 N–H and O–H groups in total. The number of carboxylic acids is 1. The third kappa shape index (κ3) is 5.54. The molecule has 0 amide bonds. The van der Waals surface area contributed by atoms with Crippen LogP contribution in [0.4, 0.5) is 19.0 Å². The summed E-state index contributed by atoms with van der Waals surface area (Å²) >= 11 is 1.48. The van der Waals surface area contributed by atoms with Crippen molar-refractivity contribution in [3.63, 3.8) is 0 Å². The SMILES string of the molecule is COc1ccc(CC(=O)O)cc1SN1CCN(c2ccc(C(F)(F)F)cn2)CC1. The molecular weight excluding hydrogens is 407 g/mol. The maximum atomic E-state index is 12.7. The van der Waals surface area contributed by atoms with E-state index in [4.69, 9.17) is 9.84 Å². The number of rotatable bonds is 6. The molecule has 0 unspecified atom stereocenters. The molecule has 1 aliphatic heterocycles. The third-order valence-corrected chi connectivity index (χ3v) is 5.59. The van der Waals surface area contributed by atoms with Crippen molar-refractivity contribution in [3.8, 4) is 5.75 Å². The average Bonchev–Trinajstić information content (AvgIpc) is 2.68. The zero-order chi connectivity index (χ0) is 21.0. The van der Waals surface area contributed by atoms with Gasteiger partial charge in [0.2, 0.25) is 0 Å². The number of carbonyl (C=O) groups is 1. The average molecular weight is 427 g/mol. The molecule has 0 spiro atoms. The minimum atomic E-state index is -4.39. The molecule has 10 heteroatoms. The van der Waals surface area contributed by atoms with E-state index < -0.39 is 17.7 Å². The van der Waals surface area contributed by atoms with Gasteiger partial charge >= 0.3 is 12.1 Å². The van der Waals surface area contributed by atoms with Gasteiger partial charge in [-0.05, 0) is 41.8 Å². The molecule has 156 valence electrons. The van der Waals surface area contributed by atoms with E-state index in [0.717, 1.165) is 17.2 Å². The highest BCUT2D eigenvalue weighted by Crippen LogP contribution is 2.34. The Bertz CT molecular complexity index is 854. The zero-order valence-electron chi connectivity index (χ0n) is 15.6. The topological polar surface area (TPSA) is 65.9 Å². The van der Waals surface area contributed by atoms with Crippen molar-refractivity contribution in [2.75, 3.05) is 38.2 Å². The van der Waals surface area contributed by atoms with Crippen LogP contribution in [0, 0.1) is 0 Å². The summed E-state index contributed by atoms with van der Waals surface area (Å²) in [5.74, 6) is 0.281. The Morgan fingerprint density at radius 3 is 2.48 bits per heavy atom. The van der Waals surface area contributed by atoms with Crippen LogP contribution in [0.15, 0.2) is 41.4 Å². The fourth-order valence-corrected chi connectivity index (χ4v) is 4.03. The molecule has 0 bridgehead atoms. The highest BCUT2D eigenvalue weighted by molar-refractivity contribution is 7.97. The van der Waals surface area contributed by atoms with E-state index >= 15 is 0 Å². The summed E-state index contributed by atoms with van der Waals surface area (Å²) in [5.41, 5.74) is -0.0721. The molecule has 3 rings (SSSR count). The van der Waals surface area contributed by atoms with Crippen LogP contribution in [-0.2, 0) is 17.4 Å². The number of piperazine rings is 1. The second kappa shape index (κ2) is 8.91. The van der Waals surface area contributed by atoms with Gasteiger partial charge in [-0.1, -0.05) is 6.07 Å². The van der Waals surface area contributed by atoms with Crippen LogP contribution in [0.5, 0.6) is 5.75 Å². The van der Waals surface area contributed by atoms with E-state index in [9.17, 15) is 18.0 Å². The molecule has 1 aromatic carbocycles. The number of hydrogen-bond donors (Lipinski definition) is 1. The van der Waals surface area contributed by atoms with E-state index in [0.29, 0.717) is 43.3 Å². The van der Waals surface area contributed by atoms with Gasteiger partial charge < -0.3 is 14.7 Å². The van der Waals surface area contributed by atoms with E-state index in [1.807, 2.05) is 4.90 Å². The number of benzene rings is 1. The van der Waals surface area contributed by atoms with E-state index in [2.05, 4.69) is 9.29 Å². The molecule has 29 heavy (non-hydrogen) atoms. The number of carboxylic acid groups (broad SMARTS) is 1. The van der Waals surface area contributed by atoms with Crippen LogP contribution in [-0.4, -0.2) is 53.7 Å². The zero-order valence-corrected chi connectivity index (χ0v) is 16.5. The van der Waals surface area contributed by atoms with Gasteiger partial charge in [0.05, 0.1) is 24.0 Å². The molecule has 0 atom stereocenters. The van der Waals surface area contributed by atoms with Crippen molar-refractivity contribution < 1.29 is 27.8 Å². The predicted octanol–water partition coefficient (Wildman–Crippen LogP) is 3.57. The molecule has 1 aliphatic rings. The van der Waals surface area contributed by atoms with Crippen LogP contribution in [0.2, 0.25) is 0 Å². The number of nitrogens with zero attached hydrogens (tertiary/aromatic N) is 3. The Morgan fingerprint density at radius 2 is 1.93 bits per heavy atom. The van der Waals surface area contributed by atoms with Crippen LogP contribution in [0.3, 0.4) is 0 Å². The molecule has 0 aliphatic carbocycles. The Labute approximate surface area is 170 Å². The Balaban J connectivity index is 1.62.